The van der Waals surface area contributed by atoms with Crippen LogP contribution in [-0.2, 0) is 15.0 Å². The SMILES string of the molecule is Nc1ccc(C2(CC3CCCC3)CCC(=O)NC2=O)cc1. The minimum absolute atomic E-state index is 0.129. The van der Waals surface area contributed by atoms with Crippen molar-refractivity contribution in [3.05, 3.63) is 29.8 Å². The number of anilines is 1. The fraction of sp³-hybridized carbons (Fsp3) is 0.529. The second-order valence-corrected chi connectivity index (χ2v) is 6.44. The van der Waals surface area contributed by atoms with Gasteiger partial charge in [-0.3, -0.25) is 14.9 Å². The Bertz CT molecular complexity index is 546. The third-order valence-electron chi connectivity index (χ3n) is 5.04. The Morgan fingerprint density at radius 1 is 1.14 bits per heavy atom. The summed E-state index contributed by atoms with van der Waals surface area (Å²) in [6.45, 7) is 0. The van der Waals surface area contributed by atoms with Gasteiger partial charge in [-0.2, -0.15) is 0 Å². The molecule has 1 saturated carbocycles. The number of imide groups is 1. The molecule has 0 radical (unpaired) electrons. The van der Waals surface area contributed by atoms with Gasteiger partial charge in [0, 0.05) is 12.1 Å². The number of nitrogens with one attached hydrogen (secondary N) is 1. The van der Waals surface area contributed by atoms with E-state index in [2.05, 4.69) is 5.32 Å². The molecule has 3 rings (SSSR count). The molecule has 0 bridgehead atoms. The summed E-state index contributed by atoms with van der Waals surface area (Å²) in [5, 5.41) is 2.55. The Labute approximate surface area is 125 Å². The Balaban J connectivity index is 1.95. The third kappa shape index (κ3) is 2.67. The molecule has 1 aromatic rings. The molecular formula is C17H22N2O2. The number of piperidine rings is 1. The van der Waals surface area contributed by atoms with Crippen molar-refractivity contribution in [2.45, 2.75) is 50.4 Å². The molecule has 2 aliphatic rings. The Morgan fingerprint density at radius 2 is 1.81 bits per heavy atom. The largest absolute Gasteiger partial charge is 0.399 e. The van der Waals surface area contributed by atoms with Crippen LogP contribution in [0.4, 0.5) is 5.69 Å². The number of hydrogen-bond donors (Lipinski definition) is 2. The molecule has 112 valence electrons. The van der Waals surface area contributed by atoms with E-state index in [1.807, 2.05) is 24.3 Å². The number of rotatable bonds is 3. The zero-order chi connectivity index (χ0) is 14.9. The van der Waals surface area contributed by atoms with Gasteiger partial charge in [0.2, 0.25) is 11.8 Å². The molecular weight excluding hydrogens is 264 g/mol. The minimum Gasteiger partial charge on any atom is -0.399 e. The monoisotopic (exact) mass is 286 g/mol. The van der Waals surface area contributed by atoms with Gasteiger partial charge in [0.1, 0.15) is 0 Å². The lowest BCUT2D eigenvalue weighted by atomic mass is 9.68. The second kappa shape index (κ2) is 5.51. The van der Waals surface area contributed by atoms with Crippen molar-refractivity contribution in [1.29, 1.82) is 0 Å². The number of hydrogen-bond acceptors (Lipinski definition) is 3. The van der Waals surface area contributed by atoms with Gasteiger partial charge >= 0.3 is 0 Å². The van der Waals surface area contributed by atoms with Crippen LogP contribution in [0.15, 0.2) is 24.3 Å². The van der Waals surface area contributed by atoms with Crippen molar-refractivity contribution in [2.24, 2.45) is 5.92 Å². The summed E-state index contributed by atoms with van der Waals surface area (Å²) in [7, 11) is 0. The summed E-state index contributed by atoms with van der Waals surface area (Å²) in [6.07, 6.45) is 6.76. The van der Waals surface area contributed by atoms with Crippen LogP contribution in [0.25, 0.3) is 0 Å². The topological polar surface area (TPSA) is 72.2 Å². The molecule has 21 heavy (non-hydrogen) atoms. The van der Waals surface area contributed by atoms with Gasteiger partial charge in [0.15, 0.2) is 0 Å². The van der Waals surface area contributed by atoms with Crippen LogP contribution >= 0.6 is 0 Å². The summed E-state index contributed by atoms with van der Waals surface area (Å²) in [5.41, 5.74) is 6.90. The first-order valence-electron chi connectivity index (χ1n) is 7.80. The first kappa shape index (κ1) is 14.1. The molecule has 2 amide bonds. The molecule has 2 fully saturated rings. The zero-order valence-corrected chi connectivity index (χ0v) is 12.2. The summed E-state index contributed by atoms with van der Waals surface area (Å²) in [6, 6.07) is 7.57. The lowest BCUT2D eigenvalue weighted by Crippen LogP contribution is -2.52. The molecule has 1 atom stereocenters. The molecule has 4 nitrogen and oxygen atoms in total. The van der Waals surface area contributed by atoms with E-state index in [0.717, 1.165) is 12.0 Å². The van der Waals surface area contributed by atoms with Gasteiger partial charge in [0.25, 0.3) is 0 Å². The molecule has 1 aliphatic carbocycles. The maximum atomic E-state index is 12.6. The molecule has 3 N–H and O–H groups in total. The smallest absolute Gasteiger partial charge is 0.237 e. The molecule has 1 heterocycles. The lowest BCUT2D eigenvalue weighted by Gasteiger charge is -2.37. The van der Waals surface area contributed by atoms with E-state index in [0.29, 0.717) is 24.4 Å². The standard InChI is InChI=1S/C17H22N2O2/c18-14-7-5-13(6-8-14)17(11-12-3-1-2-4-12)10-9-15(20)19-16(17)21/h5-8,12H,1-4,9-11,18H2,(H,19,20,21). The van der Waals surface area contributed by atoms with E-state index >= 15 is 0 Å². The van der Waals surface area contributed by atoms with Crippen molar-refractivity contribution in [2.75, 3.05) is 5.73 Å². The van der Waals surface area contributed by atoms with Crippen LogP contribution in [0.2, 0.25) is 0 Å². The summed E-state index contributed by atoms with van der Waals surface area (Å²) < 4.78 is 0. The van der Waals surface area contributed by atoms with Gasteiger partial charge < -0.3 is 5.73 Å². The van der Waals surface area contributed by atoms with E-state index in [1.165, 1.54) is 25.7 Å². The number of nitrogens with two attached hydrogens (primary N) is 1. The highest BCUT2D eigenvalue weighted by Crippen LogP contribution is 2.42. The molecule has 0 spiro atoms. The molecule has 1 unspecified atom stereocenters. The van der Waals surface area contributed by atoms with E-state index in [4.69, 9.17) is 5.73 Å². The van der Waals surface area contributed by atoms with Crippen LogP contribution in [0.3, 0.4) is 0 Å². The van der Waals surface area contributed by atoms with Gasteiger partial charge in [-0.05, 0) is 36.5 Å². The Morgan fingerprint density at radius 3 is 2.43 bits per heavy atom. The average Bonchev–Trinajstić information content (AvgIpc) is 2.96. The molecule has 0 aromatic heterocycles. The Hall–Kier alpha value is -1.84. The first-order valence-corrected chi connectivity index (χ1v) is 7.80. The summed E-state index contributed by atoms with van der Waals surface area (Å²) in [5.74, 6) is 0.300. The molecule has 1 aromatic carbocycles. The zero-order valence-electron chi connectivity index (χ0n) is 12.2. The lowest BCUT2D eigenvalue weighted by molar-refractivity contribution is -0.138. The van der Waals surface area contributed by atoms with Crippen molar-refractivity contribution in [1.82, 2.24) is 5.32 Å². The summed E-state index contributed by atoms with van der Waals surface area (Å²) >= 11 is 0. The predicted octanol–water partition coefficient (Wildman–Crippen LogP) is 2.52. The fourth-order valence-corrected chi connectivity index (χ4v) is 3.85. The van der Waals surface area contributed by atoms with Crippen molar-refractivity contribution >= 4 is 17.5 Å². The van der Waals surface area contributed by atoms with Gasteiger partial charge in [0.05, 0.1) is 5.41 Å². The maximum Gasteiger partial charge on any atom is 0.237 e. The van der Waals surface area contributed by atoms with Crippen molar-refractivity contribution in [3.63, 3.8) is 0 Å². The molecule has 4 heteroatoms. The van der Waals surface area contributed by atoms with Gasteiger partial charge in [-0.15, -0.1) is 0 Å². The first-order chi connectivity index (χ1) is 10.1. The minimum atomic E-state index is -0.559. The van der Waals surface area contributed by atoms with Crippen LogP contribution in [0.1, 0.15) is 50.5 Å². The summed E-state index contributed by atoms with van der Waals surface area (Å²) in [4.78, 5) is 24.2. The van der Waals surface area contributed by atoms with Gasteiger partial charge in [-0.1, -0.05) is 37.8 Å². The van der Waals surface area contributed by atoms with Crippen LogP contribution in [-0.4, -0.2) is 11.8 Å². The third-order valence-corrected chi connectivity index (χ3v) is 5.04. The highest BCUT2D eigenvalue weighted by Gasteiger charge is 2.45. The van der Waals surface area contributed by atoms with Crippen molar-refractivity contribution < 1.29 is 9.59 Å². The van der Waals surface area contributed by atoms with E-state index in [-0.39, 0.29) is 11.8 Å². The number of benzene rings is 1. The van der Waals surface area contributed by atoms with E-state index in [1.54, 1.807) is 0 Å². The quantitative estimate of drug-likeness (QED) is 0.662. The van der Waals surface area contributed by atoms with Gasteiger partial charge in [-0.25, -0.2) is 0 Å². The molecule has 1 aliphatic heterocycles. The normalized spacial score (nSPS) is 26.9. The van der Waals surface area contributed by atoms with Crippen LogP contribution < -0.4 is 11.1 Å². The van der Waals surface area contributed by atoms with E-state index < -0.39 is 5.41 Å². The van der Waals surface area contributed by atoms with Crippen molar-refractivity contribution in [3.8, 4) is 0 Å². The van der Waals surface area contributed by atoms with Crippen LogP contribution in [0, 0.1) is 5.92 Å². The second-order valence-electron chi connectivity index (χ2n) is 6.44. The van der Waals surface area contributed by atoms with E-state index in [9.17, 15) is 9.59 Å². The maximum absolute atomic E-state index is 12.6. The number of nitrogen functional groups attached to an aromatic ring is 1. The fourth-order valence-electron chi connectivity index (χ4n) is 3.85. The highest BCUT2D eigenvalue weighted by atomic mass is 16.2. The predicted molar refractivity (Wildman–Crippen MR) is 81.5 cm³/mol. The highest BCUT2D eigenvalue weighted by molar-refractivity contribution is 6.03. The Kier molecular flexibility index (Phi) is 3.70. The number of carbonyl (C=O) groups excluding carboxylic acids is 2. The average molecular weight is 286 g/mol. The number of amides is 2. The molecule has 1 saturated heterocycles. The number of carbonyl (C=O) groups is 2. The van der Waals surface area contributed by atoms with Crippen LogP contribution in [0.5, 0.6) is 0 Å².